The van der Waals surface area contributed by atoms with E-state index < -0.39 is 0 Å². The van der Waals surface area contributed by atoms with Crippen LogP contribution < -0.4 is 11.1 Å². The third-order valence-corrected chi connectivity index (χ3v) is 3.15. The number of nitrogens with one attached hydrogen (secondary N) is 1. The summed E-state index contributed by atoms with van der Waals surface area (Å²) in [6.45, 7) is 10.8. The maximum absolute atomic E-state index is 6.06. The minimum Gasteiger partial charge on any atom is -0.394 e. The minimum absolute atomic E-state index is 0.198. The number of aryl methyl sites for hydroxylation is 2. The van der Waals surface area contributed by atoms with Gasteiger partial charge in [0.1, 0.15) is 5.82 Å². The molecule has 92 valence electrons. The average Bonchev–Trinajstić information content (AvgIpc) is 2.43. The van der Waals surface area contributed by atoms with Gasteiger partial charge in [0.2, 0.25) is 0 Å². The molecule has 1 aromatic heterocycles. The molecule has 0 saturated heterocycles. The minimum atomic E-state index is 0.198. The first kappa shape index (κ1) is 12.9. The molecular formula is C12H24N4. The lowest BCUT2D eigenvalue weighted by Gasteiger charge is -2.29. The number of nitrogens with zero attached hydrogens (tertiary/aromatic N) is 2. The molecule has 1 unspecified atom stereocenters. The molecule has 4 heteroatoms. The van der Waals surface area contributed by atoms with E-state index in [-0.39, 0.29) is 5.41 Å². The summed E-state index contributed by atoms with van der Waals surface area (Å²) in [6.07, 6.45) is 0.866. The Labute approximate surface area is 98.2 Å². The Kier molecular flexibility index (Phi) is 3.51. The molecule has 0 aliphatic rings. The normalized spacial score (nSPS) is 13.9. The lowest BCUT2D eigenvalue weighted by atomic mass is 9.88. The Morgan fingerprint density at radius 3 is 2.38 bits per heavy atom. The van der Waals surface area contributed by atoms with E-state index in [9.17, 15) is 0 Å². The Balaban J connectivity index is 2.93. The highest BCUT2D eigenvalue weighted by Gasteiger charge is 2.22. The van der Waals surface area contributed by atoms with Gasteiger partial charge in [-0.15, -0.1) is 0 Å². The highest BCUT2D eigenvalue weighted by Crippen LogP contribution is 2.27. The quantitative estimate of drug-likeness (QED) is 0.829. The van der Waals surface area contributed by atoms with Gasteiger partial charge in [-0.2, -0.15) is 5.10 Å². The van der Waals surface area contributed by atoms with Crippen molar-refractivity contribution in [3.05, 3.63) is 5.69 Å². The molecule has 0 spiro atoms. The number of hydrogen-bond donors (Lipinski definition) is 2. The van der Waals surface area contributed by atoms with Gasteiger partial charge in [-0.1, -0.05) is 27.7 Å². The summed E-state index contributed by atoms with van der Waals surface area (Å²) < 4.78 is 1.83. The fourth-order valence-corrected chi connectivity index (χ4v) is 1.45. The van der Waals surface area contributed by atoms with E-state index in [1.165, 1.54) is 0 Å². The Morgan fingerprint density at radius 2 is 2.00 bits per heavy atom. The number of rotatable bonds is 3. The van der Waals surface area contributed by atoms with E-state index in [2.05, 4.69) is 45.0 Å². The van der Waals surface area contributed by atoms with Crippen LogP contribution in [0.15, 0.2) is 0 Å². The van der Waals surface area contributed by atoms with Crippen molar-refractivity contribution in [2.24, 2.45) is 12.5 Å². The van der Waals surface area contributed by atoms with Crippen LogP contribution in [0.25, 0.3) is 0 Å². The van der Waals surface area contributed by atoms with Crippen LogP contribution >= 0.6 is 0 Å². The molecule has 0 aromatic carbocycles. The topological polar surface area (TPSA) is 55.9 Å². The van der Waals surface area contributed by atoms with Crippen LogP contribution in [-0.2, 0) is 13.5 Å². The van der Waals surface area contributed by atoms with Crippen LogP contribution in [0.3, 0.4) is 0 Å². The van der Waals surface area contributed by atoms with E-state index in [1.807, 2.05) is 11.7 Å². The Bertz CT molecular complexity index is 360. The zero-order chi connectivity index (χ0) is 12.5. The first-order valence-electron chi connectivity index (χ1n) is 5.85. The smallest absolute Gasteiger partial charge is 0.148 e. The van der Waals surface area contributed by atoms with E-state index in [0.29, 0.717) is 6.04 Å². The second kappa shape index (κ2) is 4.36. The lowest BCUT2D eigenvalue weighted by Crippen LogP contribution is -2.31. The molecule has 1 heterocycles. The van der Waals surface area contributed by atoms with E-state index >= 15 is 0 Å². The predicted molar refractivity (Wildman–Crippen MR) is 69.5 cm³/mol. The zero-order valence-electron chi connectivity index (χ0n) is 11.3. The van der Waals surface area contributed by atoms with Gasteiger partial charge in [0, 0.05) is 13.1 Å². The van der Waals surface area contributed by atoms with E-state index in [1.54, 1.807) is 0 Å². The van der Waals surface area contributed by atoms with Crippen LogP contribution in [0.4, 0.5) is 11.5 Å². The van der Waals surface area contributed by atoms with Crippen molar-refractivity contribution in [2.75, 3.05) is 11.1 Å². The van der Waals surface area contributed by atoms with Crippen molar-refractivity contribution in [3.63, 3.8) is 0 Å². The first-order chi connectivity index (χ1) is 7.27. The van der Waals surface area contributed by atoms with Gasteiger partial charge in [0.15, 0.2) is 0 Å². The highest BCUT2D eigenvalue weighted by molar-refractivity contribution is 5.65. The van der Waals surface area contributed by atoms with Crippen LogP contribution in [0.2, 0.25) is 0 Å². The molecule has 1 aromatic rings. The van der Waals surface area contributed by atoms with Crippen molar-refractivity contribution < 1.29 is 0 Å². The number of nitrogen functional groups attached to an aromatic ring is 1. The maximum Gasteiger partial charge on any atom is 0.148 e. The van der Waals surface area contributed by atoms with Crippen LogP contribution in [0.5, 0.6) is 0 Å². The monoisotopic (exact) mass is 224 g/mol. The van der Waals surface area contributed by atoms with Crippen molar-refractivity contribution in [1.82, 2.24) is 9.78 Å². The van der Waals surface area contributed by atoms with Gasteiger partial charge in [-0.05, 0) is 18.8 Å². The molecular weight excluding hydrogens is 200 g/mol. The van der Waals surface area contributed by atoms with Gasteiger partial charge in [0.05, 0.1) is 11.4 Å². The van der Waals surface area contributed by atoms with Gasteiger partial charge >= 0.3 is 0 Å². The maximum atomic E-state index is 6.06. The fourth-order valence-electron chi connectivity index (χ4n) is 1.45. The lowest BCUT2D eigenvalue weighted by molar-refractivity contribution is 0.358. The molecule has 3 N–H and O–H groups in total. The highest BCUT2D eigenvalue weighted by atomic mass is 15.3. The molecule has 0 amide bonds. The van der Waals surface area contributed by atoms with E-state index in [0.717, 1.165) is 23.6 Å². The summed E-state index contributed by atoms with van der Waals surface area (Å²) in [4.78, 5) is 0. The SMILES string of the molecule is CCc1nn(C)c(NC(C)C(C)(C)C)c1N. The van der Waals surface area contributed by atoms with Crippen molar-refractivity contribution in [3.8, 4) is 0 Å². The van der Waals surface area contributed by atoms with Crippen LogP contribution in [0.1, 0.15) is 40.3 Å². The number of aromatic nitrogens is 2. The zero-order valence-corrected chi connectivity index (χ0v) is 11.3. The third-order valence-electron chi connectivity index (χ3n) is 3.15. The summed E-state index contributed by atoms with van der Waals surface area (Å²) in [6, 6.07) is 0.343. The standard InChI is InChI=1S/C12H24N4/c1-7-9-10(13)11(16(6)15-9)14-8(2)12(3,4)5/h8,14H,7,13H2,1-6H3. The fraction of sp³-hybridized carbons (Fsp3) is 0.750. The van der Waals surface area contributed by atoms with Gasteiger partial charge in [-0.3, -0.25) is 4.68 Å². The van der Waals surface area contributed by atoms with Crippen molar-refractivity contribution in [1.29, 1.82) is 0 Å². The molecule has 1 atom stereocenters. The molecule has 0 bridgehead atoms. The predicted octanol–water partition coefficient (Wildman–Crippen LogP) is 2.41. The van der Waals surface area contributed by atoms with Crippen molar-refractivity contribution >= 4 is 11.5 Å². The van der Waals surface area contributed by atoms with Gasteiger partial charge < -0.3 is 11.1 Å². The largest absolute Gasteiger partial charge is 0.394 e. The molecule has 0 aliphatic carbocycles. The molecule has 0 saturated carbocycles. The van der Waals surface area contributed by atoms with Crippen molar-refractivity contribution in [2.45, 2.75) is 47.1 Å². The van der Waals surface area contributed by atoms with Gasteiger partial charge in [0.25, 0.3) is 0 Å². The summed E-state index contributed by atoms with van der Waals surface area (Å²) in [5, 5.41) is 7.84. The Morgan fingerprint density at radius 1 is 1.44 bits per heavy atom. The molecule has 0 aliphatic heterocycles. The number of anilines is 2. The molecule has 1 rings (SSSR count). The second-order valence-corrected chi connectivity index (χ2v) is 5.42. The number of hydrogen-bond acceptors (Lipinski definition) is 3. The summed E-state index contributed by atoms with van der Waals surface area (Å²) in [5.74, 6) is 0.930. The molecule has 4 nitrogen and oxygen atoms in total. The van der Waals surface area contributed by atoms with E-state index in [4.69, 9.17) is 5.73 Å². The molecule has 0 radical (unpaired) electrons. The third kappa shape index (κ3) is 2.49. The van der Waals surface area contributed by atoms with Crippen LogP contribution in [0, 0.1) is 5.41 Å². The molecule has 0 fully saturated rings. The second-order valence-electron chi connectivity index (χ2n) is 5.42. The average molecular weight is 224 g/mol. The van der Waals surface area contributed by atoms with Crippen LogP contribution in [-0.4, -0.2) is 15.8 Å². The Hall–Kier alpha value is -1.19. The summed E-state index contributed by atoms with van der Waals surface area (Å²) >= 11 is 0. The molecule has 16 heavy (non-hydrogen) atoms. The first-order valence-corrected chi connectivity index (χ1v) is 5.85. The van der Waals surface area contributed by atoms with Gasteiger partial charge in [-0.25, -0.2) is 0 Å². The number of nitrogens with two attached hydrogens (primary N) is 1. The summed E-state index contributed by atoms with van der Waals surface area (Å²) in [7, 11) is 1.92. The summed E-state index contributed by atoms with van der Waals surface area (Å²) in [5.41, 5.74) is 8.00.